The highest BCUT2D eigenvalue weighted by Crippen LogP contribution is 2.23. The highest BCUT2D eigenvalue weighted by Gasteiger charge is 2.32. The number of carbonyl (C=O) groups is 1. The van der Waals surface area contributed by atoms with Gasteiger partial charge in [0.1, 0.15) is 5.82 Å². The highest BCUT2D eigenvalue weighted by molar-refractivity contribution is 5.73. The minimum Gasteiger partial charge on any atom is -0.352 e. The molecular weight excluding hydrogens is 307 g/mol. The Hall–Kier alpha value is -2.21. The summed E-state index contributed by atoms with van der Waals surface area (Å²) in [7, 11) is 0. The molecule has 0 aliphatic carbocycles. The van der Waals surface area contributed by atoms with Crippen LogP contribution < -0.4 is 5.32 Å². The van der Waals surface area contributed by atoms with E-state index in [4.69, 9.17) is 0 Å². The number of benzene rings is 1. The first kappa shape index (κ1) is 16.6. The Bertz CT molecular complexity index is 673. The Balaban J connectivity index is 1.80. The molecule has 0 spiro atoms. The van der Waals surface area contributed by atoms with E-state index in [1.807, 2.05) is 12.1 Å². The van der Waals surface area contributed by atoms with E-state index >= 15 is 0 Å². The van der Waals surface area contributed by atoms with Crippen LogP contribution in [0.1, 0.15) is 31.0 Å². The number of nitrogens with one attached hydrogen (secondary N) is 2. The van der Waals surface area contributed by atoms with Gasteiger partial charge in [-0.2, -0.15) is 5.10 Å². The van der Waals surface area contributed by atoms with Crippen molar-refractivity contribution in [1.29, 1.82) is 0 Å². The van der Waals surface area contributed by atoms with E-state index in [9.17, 15) is 9.18 Å². The number of aromatic nitrogens is 2. The smallest absolute Gasteiger partial charge is 0.217 e. The molecule has 3 rings (SSSR count). The number of rotatable bonds is 5. The predicted molar refractivity (Wildman–Crippen MR) is 89.7 cm³/mol. The van der Waals surface area contributed by atoms with Crippen LogP contribution in [0, 0.1) is 5.82 Å². The lowest BCUT2D eigenvalue weighted by molar-refractivity contribution is -0.120. The van der Waals surface area contributed by atoms with Gasteiger partial charge in [0.25, 0.3) is 0 Å². The van der Waals surface area contributed by atoms with Gasteiger partial charge >= 0.3 is 0 Å². The molecule has 1 fully saturated rings. The van der Waals surface area contributed by atoms with Crippen molar-refractivity contribution in [2.45, 2.75) is 44.8 Å². The van der Waals surface area contributed by atoms with E-state index in [1.54, 1.807) is 25.3 Å². The van der Waals surface area contributed by atoms with Crippen LogP contribution in [0.2, 0.25) is 0 Å². The molecule has 2 aromatic rings. The first-order chi connectivity index (χ1) is 11.6. The van der Waals surface area contributed by atoms with E-state index in [1.165, 1.54) is 6.07 Å². The first-order valence-electron chi connectivity index (χ1n) is 8.35. The molecule has 1 aromatic carbocycles. The van der Waals surface area contributed by atoms with Crippen LogP contribution in [-0.2, 0) is 17.8 Å². The molecule has 2 N–H and O–H groups in total. The van der Waals surface area contributed by atoms with Gasteiger partial charge in [-0.1, -0.05) is 12.1 Å². The van der Waals surface area contributed by atoms with Crippen molar-refractivity contribution in [3.8, 4) is 0 Å². The van der Waals surface area contributed by atoms with Crippen LogP contribution in [-0.4, -0.2) is 39.6 Å². The van der Waals surface area contributed by atoms with Gasteiger partial charge in [-0.25, -0.2) is 4.39 Å². The number of hydrogen-bond acceptors (Lipinski definition) is 3. The lowest BCUT2D eigenvalue weighted by Crippen LogP contribution is -2.55. The van der Waals surface area contributed by atoms with Crippen molar-refractivity contribution in [2.24, 2.45) is 0 Å². The maximum atomic E-state index is 13.5. The maximum Gasteiger partial charge on any atom is 0.217 e. The van der Waals surface area contributed by atoms with Gasteiger partial charge < -0.3 is 5.32 Å². The molecule has 0 radical (unpaired) electrons. The number of hydrogen-bond donors (Lipinski definition) is 2. The molecule has 128 valence electrons. The number of amides is 1. The molecule has 1 aliphatic heterocycles. The Morgan fingerprint density at radius 2 is 2.33 bits per heavy atom. The van der Waals surface area contributed by atoms with Crippen LogP contribution in [0.4, 0.5) is 4.39 Å². The molecule has 0 bridgehead atoms. The number of likely N-dealkylation sites (tertiary alicyclic amines) is 1. The normalized spacial score (nSPS) is 21.6. The van der Waals surface area contributed by atoms with Crippen molar-refractivity contribution >= 4 is 5.91 Å². The molecule has 2 atom stereocenters. The van der Waals surface area contributed by atoms with Crippen molar-refractivity contribution in [3.05, 3.63) is 53.6 Å². The van der Waals surface area contributed by atoms with Gasteiger partial charge in [0.05, 0.1) is 0 Å². The van der Waals surface area contributed by atoms with Gasteiger partial charge in [0.15, 0.2) is 0 Å². The van der Waals surface area contributed by atoms with Crippen LogP contribution >= 0.6 is 0 Å². The summed E-state index contributed by atoms with van der Waals surface area (Å²) in [6.07, 6.45) is 4.42. The second-order valence-corrected chi connectivity index (χ2v) is 6.40. The molecule has 0 unspecified atom stereocenters. The summed E-state index contributed by atoms with van der Waals surface area (Å²) in [5, 5.41) is 10.1. The third-order valence-corrected chi connectivity index (χ3v) is 4.55. The fourth-order valence-corrected chi connectivity index (χ4v) is 3.52. The van der Waals surface area contributed by atoms with E-state index < -0.39 is 0 Å². The summed E-state index contributed by atoms with van der Waals surface area (Å²) in [6, 6.07) is 8.87. The molecule has 1 aromatic heterocycles. The van der Waals surface area contributed by atoms with Crippen LogP contribution in [0.3, 0.4) is 0 Å². The van der Waals surface area contributed by atoms with Crippen molar-refractivity contribution in [2.75, 3.05) is 6.54 Å². The van der Waals surface area contributed by atoms with Crippen LogP contribution in [0.25, 0.3) is 0 Å². The monoisotopic (exact) mass is 330 g/mol. The highest BCUT2D eigenvalue weighted by atomic mass is 19.1. The second kappa shape index (κ2) is 7.57. The molecule has 5 nitrogen and oxygen atoms in total. The molecule has 1 saturated heterocycles. The van der Waals surface area contributed by atoms with E-state index in [2.05, 4.69) is 20.4 Å². The fraction of sp³-hybridized carbons (Fsp3) is 0.444. The number of piperidine rings is 1. The molecule has 1 aliphatic rings. The number of aromatic amines is 1. The van der Waals surface area contributed by atoms with Gasteiger partial charge in [0, 0.05) is 37.4 Å². The Labute approximate surface area is 141 Å². The zero-order valence-corrected chi connectivity index (χ0v) is 13.8. The lowest BCUT2D eigenvalue weighted by atomic mass is 9.90. The fourth-order valence-electron chi connectivity index (χ4n) is 3.52. The summed E-state index contributed by atoms with van der Waals surface area (Å²) >= 11 is 0. The molecule has 0 saturated carbocycles. The summed E-state index contributed by atoms with van der Waals surface area (Å²) in [4.78, 5) is 13.9. The van der Waals surface area contributed by atoms with Gasteiger partial charge in [-0.15, -0.1) is 0 Å². The summed E-state index contributed by atoms with van der Waals surface area (Å²) in [6.45, 7) is 3.25. The number of nitrogens with zero attached hydrogens (tertiary/aromatic N) is 2. The SMILES string of the molecule is CC(=O)N[C@H]1CCCN(Cc2ccn[nH]2)[C@H]1Cc1cccc(F)c1. The van der Waals surface area contributed by atoms with Gasteiger partial charge in [-0.3, -0.25) is 14.8 Å². The largest absolute Gasteiger partial charge is 0.352 e. The Morgan fingerprint density at radius 3 is 3.04 bits per heavy atom. The second-order valence-electron chi connectivity index (χ2n) is 6.40. The van der Waals surface area contributed by atoms with Gasteiger partial charge in [0.2, 0.25) is 5.91 Å². The molecular formula is C18H23FN4O. The number of halogens is 1. The summed E-state index contributed by atoms with van der Waals surface area (Å²) in [5.74, 6) is -0.243. The number of carbonyl (C=O) groups excluding carboxylic acids is 1. The quantitative estimate of drug-likeness (QED) is 0.884. The Kier molecular flexibility index (Phi) is 5.25. The van der Waals surface area contributed by atoms with E-state index in [0.29, 0.717) is 6.42 Å². The predicted octanol–water partition coefficient (Wildman–Crippen LogP) is 2.26. The average molecular weight is 330 g/mol. The standard InChI is InChI=1S/C18H23FN4O/c1-13(24)21-17-6-3-9-23(12-16-7-8-20-22-16)18(17)11-14-4-2-5-15(19)10-14/h2,4-5,7-8,10,17-18H,3,6,9,11-12H2,1H3,(H,20,22)(H,21,24)/t17-,18-/m0/s1. The third-order valence-electron chi connectivity index (χ3n) is 4.55. The molecule has 24 heavy (non-hydrogen) atoms. The summed E-state index contributed by atoms with van der Waals surface area (Å²) < 4.78 is 13.5. The number of H-pyrrole nitrogens is 1. The van der Waals surface area contributed by atoms with E-state index in [0.717, 1.165) is 37.2 Å². The third kappa shape index (κ3) is 4.20. The van der Waals surface area contributed by atoms with Crippen molar-refractivity contribution in [1.82, 2.24) is 20.4 Å². The summed E-state index contributed by atoms with van der Waals surface area (Å²) in [5.41, 5.74) is 1.99. The lowest BCUT2D eigenvalue weighted by Gasteiger charge is -2.41. The van der Waals surface area contributed by atoms with Gasteiger partial charge in [-0.05, 0) is 49.6 Å². The van der Waals surface area contributed by atoms with Crippen molar-refractivity contribution < 1.29 is 9.18 Å². The molecule has 1 amide bonds. The zero-order valence-electron chi connectivity index (χ0n) is 13.8. The van der Waals surface area contributed by atoms with E-state index in [-0.39, 0.29) is 23.8 Å². The maximum absolute atomic E-state index is 13.5. The first-order valence-corrected chi connectivity index (χ1v) is 8.35. The minimum absolute atomic E-state index is 0.0207. The topological polar surface area (TPSA) is 61.0 Å². The van der Waals surface area contributed by atoms with Crippen molar-refractivity contribution in [3.63, 3.8) is 0 Å². The minimum atomic E-state index is -0.223. The average Bonchev–Trinajstić information content (AvgIpc) is 3.03. The molecule has 2 heterocycles. The van der Waals surface area contributed by atoms with Crippen LogP contribution in [0.5, 0.6) is 0 Å². The van der Waals surface area contributed by atoms with Crippen LogP contribution in [0.15, 0.2) is 36.5 Å². The molecule has 6 heteroatoms. The zero-order chi connectivity index (χ0) is 16.9. The Morgan fingerprint density at radius 1 is 1.46 bits per heavy atom.